The van der Waals surface area contributed by atoms with Gasteiger partial charge in [0.2, 0.25) is 0 Å². The van der Waals surface area contributed by atoms with Gasteiger partial charge in [0.1, 0.15) is 5.76 Å². The first-order valence-electron chi connectivity index (χ1n) is 7.60. The minimum absolute atomic E-state index is 0.157. The molecule has 0 radical (unpaired) electrons. The van der Waals surface area contributed by atoms with Crippen molar-refractivity contribution < 1.29 is 14.0 Å². The number of hydrogen-bond acceptors (Lipinski definition) is 3. The Hall–Kier alpha value is -2.44. The van der Waals surface area contributed by atoms with Crippen LogP contribution in [0.3, 0.4) is 0 Å². The molecule has 128 valence electrons. The molecule has 2 aliphatic rings. The van der Waals surface area contributed by atoms with E-state index in [1.54, 1.807) is 41.5 Å². The van der Waals surface area contributed by atoms with Gasteiger partial charge in [0.15, 0.2) is 0 Å². The molecule has 25 heavy (non-hydrogen) atoms. The molecule has 4 rings (SSSR count). The van der Waals surface area contributed by atoms with Crippen LogP contribution in [0.2, 0.25) is 10.0 Å². The van der Waals surface area contributed by atoms with Gasteiger partial charge in [-0.2, -0.15) is 0 Å². The van der Waals surface area contributed by atoms with Crippen LogP contribution >= 0.6 is 23.2 Å². The summed E-state index contributed by atoms with van der Waals surface area (Å²) in [6.45, 7) is 0.656. The third kappa shape index (κ3) is 2.88. The highest BCUT2D eigenvalue weighted by molar-refractivity contribution is 6.42. The van der Waals surface area contributed by atoms with Crippen molar-refractivity contribution in [1.82, 2.24) is 15.5 Å². The van der Waals surface area contributed by atoms with E-state index in [2.05, 4.69) is 10.6 Å². The number of nitrogens with zero attached hydrogens (tertiary/aromatic N) is 1. The van der Waals surface area contributed by atoms with Crippen molar-refractivity contribution in [1.29, 1.82) is 0 Å². The Morgan fingerprint density at radius 2 is 2.04 bits per heavy atom. The maximum absolute atomic E-state index is 12.9. The predicted octanol–water partition coefficient (Wildman–Crippen LogP) is 3.24. The Morgan fingerprint density at radius 3 is 2.76 bits per heavy atom. The van der Waals surface area contributed by atoms with Crippen molar-refractivity contribution in [2.24, 2.45) is 0 Å². The van der Waals surface area contributed by atoms with Gasteiger partial charge in [-0.3, -0.25) is 4.79 Å². The fourth-order valence-corrected chi connectivity index (χ4v) is 3.40. The second-order valence-corrected chi connectivity index (χ2v) is 6.65. The molecule has 1 atom stereocenters. The van der Waals surface area contributed by atoms with E-state index in [1.165, 1.54) is 0 Å². The van der Waals surface area contributed by atoms with Gasteiger partial charge in [0.25, 0.3) is 5.91 Å². The minimum Gasteiger partial charge on any atom is -0.467 e. The summed E-state index contributed by atoms with van der Waals surface area (Å²) >= 11 is 12.0. The van der Waals surface area contributed by atoms with Gasteiger partial charge < -0.3 is 20.0 Å². The highest BCUT2D eigenvalue weighted by atomic mass is 35.5. The van der Waals surface area contributed by atoms with Crippen LogP contribution in [-0.4, -0.2) is 23.4 Å². The third-order valence-electron chi connectivity index (χ3n) is 4.22. The normalized spacial score (nSPS) is 19.8. The third-order valence-corrected chi connectivity index (χ3v) is 4.96. The maximum atomic E-state index is 12.9. The molecular formula is C17H13Cl2N3O3. The SMILES string of the molecule is O=C1NC2=C(C(=O)N(Cc3ccco3)C2)C(c2ccc(Cl)c(Cl)c2)N1. The molecule has 1 unspecified atom stereocenters. The summed E-state index contributed by atoms with van der Waals surface area (Å²) in [4.78, 5) is 26.5. The lowest BCUT2D eigenvalue weighted by Crippen LogP contribution is -2.44. The van der Waals surface area contributed by atoms with Gasteiger partial charge in [-0.15, -0.1) is 0 Å². The van der Waals surface area contributed by atoms with E-state index in [4.69, 9.17) is 27.6 Å². The number of hydrogen-bond donors (Lipinski definition) is 2. The number of rotatable bonds is 3. The van der Waals surface area contributed by atoms with E-state index in [0.717, 1.165) is 0 Å². The van der Waals surface area contributed by atoms with Crippen molar-refractivity contribution in [2.45, 2.75) is 12.6 Å². The van der Waals surface area contributed by atoms with Crippen LogP contribution in [0, 0.1) is 0 Å². The Bertz CT molecular complexity index is 893. The summed E-state index contributed by atoms with van der Waals surface area (Å²) in [6.07, 6.45) is 1.56. The summed E-state index contributed by atoms with van der Waals surface area (Å²) in [5.41, 5.74) is 1.80. The molecule has 6 nitrogen and oxygen atoms in total. The number of urea groups is 1. The standard InChI is InChI=1S/C17H13Cl2N3O3/c18-11-4-3-9(6-12(11)19)15-14-13(20-17(24)21-15)8-22(16(14)23)7-10-2-1-5-25-10/h1-6,15H,7-8H2,(H2,20,21,24). The molecule has 3 heterocycles. The van der Waals surface area contributed by atoms with Crippen LogP contribution in [0.4, 0.5) is 4.79 Å². The zero-order chi connectivity index (χ0) is 17.6. The lowest BCUT2D eigenvalue weighted by molar-refractivity contribution is -0.126. The Balaban J connectivity index is 1.66. The Kier molecular flexibility index (Phi) is 3.94. The molecule has 0 spiro atoms. The summed E-state index contributed by atoms with van der Waals surface area (Å²) in [5, 5.41) is 6.28. The molecule has 0 bridgehead atoms. The van der Waals surface area contributed by atoms with E-state index in [1.807, 2.05) is 0 Å². The van der Waals surface area contributed by atoms with Crippen molar-refractivity contribution >= 4 is 35.1 Å². The predicted molar refractivity (Wildman–Crippen MR) is 92.0 cm³/mol. The van der Waals surface area contributed by atoms with E-state index in [0.29, 0.717) is 45.7 Å². The molecular weight excluding hydrogens is 365 g/mol. The number of carbonyl (C=O) groups excluding carboxylic acids is 2. The zero-order valence-electron chi connectivity index (χ0n) is 12.9. The molecule has 0 aliphatic carbocycles. The number of furan rings is 1. The highest BCUT2D eigenvalue weighted by Crippen LogP contribution is 2.35. The first-order valence-corrected chi connectivity index (χ1v) is 8.35. The zero-order valence-corrected chi connectivity index (χ0v) is 14.4. The molecule has 2 N–H and O–H groups in total. The number of amides is 3. The van der Waals surface area contributed by atoms with Gasteiger partial charge in [-0.1, -0.05) is 29.3 Å². The summed E-state index contributed by atoms with van der Waals surface area (Å²) in [6, 6.07) is 7.69. The molecule has 0 saturated heterocycles. The lowest BCUT2D eigenvalue weighted by atomic mass is 9.96. The van der Waals surface area contributed by atoms with Crippen LogP contribution in [0.1, 0.15) is 17.4 Å². The van der Waals surface area contributed by atoms with Crippen LogP contribution in [-0.2, 0) is 11.3 Å². The van der Waals surface area contributed by atoms with Crippen LogP contribution in [0.15, 0.2) is 52.3 Å². The molecule has 1 aromatic carbocycles. The Morgan fingerprint density at radius 1 is 1.20 bits per heavy atom. The minimum atomic E-state index is -0.576. The molecule has 2 aliphatic heterocycles. The molecule has 1 aromatic heterocycles. The topological polar surface area (TPSA) is 74.6 Å². The molecule has 0 saturated carbocycles. The largest absolute Gasteiger partial charge is 0.467 e. The first-order chi connectivity index (χ1) is 12.0. The average Bonchev–Trinajstić information content (AvgIpc) is 3.18. The number of benzene rings is 1. The van der Waals surface area contributed by atoms with Gasteiger partial charge in [0.05, 0.1) is 46.7 Å². The average molecular weight is 378 g/mol. The number of nitrogens with one attached hydrogen (secondary N) is 2. The van der Waals surface area contributed by atoms with Crippen LogP contribution in [0.25, 0.3) is 0 Å². The summed E-state index contributed by atoms with van der Waals surface area (Å²) in [5.74, 6) is 0.522. The fraction of sp³-hybridized carbons (Fsp3) is 0.176. The molecule has 8 heteroatoms. The van der Waals surface area contributed by atoms with Crippen molar-refractivity contribution in [3.8, 4) is 0 Å². The van der Waals surface area contributed by atoms with Gasteiger partial charge in [-0.25, -0.2) is 4.79 Å². The summed E-state index contributed by atoms with van der Waals surface area (Å²) < 4.78 is 5.31. The fourth-order valence-electron chi connectivity index (χ4n) is 3.09. The monoisotopic (exact) mass is 377 g/mol. The second kappa shape index (κ2) is 6.13. The molecule has 3 amide bonds. The maximum Gasteiger partial charge on any atom is 0.319 e. The second-order valence-electron chi connectivity index (χ2n) is 5.84. The van der Waals surface area contributed by atoms with Crippen LogP contribution in [0.5, 0.6) is 0 Å². The van der Waals surface area contributed by atoms with E-state index >= 15 is 0 Å². The van der Waals surface area contributed by atoms with E-state index in [-0.39, 0.29) is 11.9 Å². The highest BCUT2D eigenvalue weighted by Gasteiger charge is 2.40. The van der Waals surface area contributed by atoms with Crippen molar-refractivity contribution in [2.75, 3.05) is 6.54 Å². The smallest absolute Gasteiger partial charge is 0.319 e. The van der Waals surface area contributed by atoms with E-state index < -0.39 is 6.04 Å². The quantitative estimate of drug-likeness (QED) is 0.861. The Labute approximate surface area is 153 Å². The number of carbonyl (C=O) groups is 2. The summed E-state index contributed by atoms with van der Waals surface area (Å²) in [7, 11) is 0. The van der Waals surface area contributed by atoms with Gasteiger partial charge in [-0.05, 0) is 29.8 Å². The van der Waals surface area contributed by atoms with Crippen molar-refractivity contribution in [3.63, 3.8) is 0 Å². The van der Waals surface area contributed by atoms with Crippen LogP contribution < -0.4 is 10.6 Å². The lowest BCUT2D eigenvalue weighted by Gasteiger charge is -2.25. The molecule has 0 fully saturated rings. The first kappa shape index (κ1) is 16.1. The van der Waals surface area contributed by atoms with E-state index in [9.17, 15) is 9.59 Å². The van der Waals surface area contributed by atoms with Gasteiger partial charge >= 0.3 is 6.03 Å². The molecule has 2 aromatic rings. The van der Waals surface area contributed by atoms with Crippen molar-refractivity contribution in [3.05, 3.63) is 69.2 Å². The van der Waals surface area contributed by atoms with Gasteiger partial charge in [0, 0.05) is 0 Å². The number of halogens is 2.